The van der Waals surface area contributed by atoms with Gasteiger partial charge in [0.1, 0.15) is 11.6 Å². The van der Waals surface area contributed by atoms with Crippen molar-refractivity contribution in [3.05, 3.63) is 65.5 Å². The largest absolute Gasteiger partial charge is 0.497 e. The SMILES string of the molecule is Br.COc1ccc(C2(O)CC(c3ccc(F)cc3)=[N+]3CCCCCN32)cc1. The second kappa shape index (κ2) is 7.98. The maximum absolute atomic E-state index is 13.4. The zero-order chi connectivity index (χ0) is 18.1. The molecule has 0 radical (unpaired) electrons. The second-order valence-electron chi connectivity index (χ2n) is 6.98. The van der Waals surface area contributed by atoms with Gasteiger partial charge in [-0.3, -0.25) is 0 Å². The lowest BCUT2D eigenvalue weighted by atomic mass is 9.94. The third kappa shape index (κ3) is 3.60. The summed E-state index contributed by atoms with van der Waals surface area (Å²) in [5, 5.41) is 13.8. The molecule has 0 saturated carbocycles. The molecule has 0 bridgehead atoms. The van der Waals surface area contributed by atoms with Gasteiger partial charge in [0.2, 0.25) is 11.4 Å². The molecule has 0 amide bonds. The van der Waals surface area contributed by atoms with Crippen LogP contribution < -0.4 is 4.74 Å². The first kappa shape index (κ1) is 19.8. The van der Waals surface area contributed by atoms with E-state index in [1.807, 2.05) is 24.3 Å². The molecule has 0 aliphatic carbocycles. The number of hydrogen-bond acceptors (Lipinski definition) is 3. The van der Waals surface area contributed by atoms with Gasteiger partial charge in [0.05, 0.1) is 20.1 Å². The molecule has 1 N–H and O–H groups in total. The van der Waals surface area contributed by atoms with Gasteiger partial charge in [-0.1, -0.05) is 12.1 Å². The molecule has 1 atom stereocenters. The van der Waals surface area contributed by atoms with Crippen LogP contribution in [0.1, 0.15) is 36.8 Å². The Bertz CT molecular complexity index is 823. The summed E-state index contributed by atoms with van der Waals surface area (Å²) in [6, 6.07) is 14.2. The fraction of sp³-hybridized carbons (Fsp3) is 0.381. The zero-order valence-corrected chi connectivity index (χ0v) is 17.1. The lowest BCUT2D eigenvalue weighted by Crippen LogP contribution is -2.46. The van der Waals surface area contributed by atoms with Crippen molar-refractivity contribution in [2.45, 2.75) is 31.4 Å². The fourth-order valence-electron chi connectivity index (χ4n) is 4.03. The molecule has 2 aliphatic heterocycles. The van der Waals surface area contributed by atoms with E-state index in [0.29, 0.717) is 6.42 Å². The van der Waals surface area contributed by atoms with E-state index >= 15 is 0 Å². The number of ether oxygens (including phenoxy) is 1. The van der Waals surface area contributed by atoms with E-state index < -0.39 is 5.72 Å². The average molecular weight is 436 g/mol. The first-order chi connectivity index (χ1) is 12.6. The first-order valence-electron chi connectivity index (χ1n) is 9.15. The summed E-state index contributed by atoms with van der Waals surface area (Å²) in [4.78, 5) is 0. The van der Waals surface area contributed by atoms with Gasteiger partial charge in [0.15, 0.2) is 6.54 Å². The van der Waals surface area contributed by atoms with Crippen molar-refractivity contribution >= 4 is 22.7 Å². The molecule has 0 aromatic heterocycles. The highest BCUT2D eigenvalue weighted by Gasteiger charge is 2.52. The lowest BCUT2D eigenvalue weighted by molar-refractivity contribution is -0.706. The summed E-state index contributed by atoms with van der Waals surface area (Å²) in [7, 11) is 1.64. The van der Waals surface area contributed by atoms with Crippen LogP contribution >= 0.6 is 17.0 Å². The molecule has 1 fully saturated rings. The normalized spacial score (nSPS) is 22.1. The van der Waals surface area contributed by atoms with Gasteiger partial charge < -0.3 is 9.84 Å². The molecule has 2 aliphatic rings. The van der Waals surface area contributed by atoms with E-state index in [0.717, 1.165) is 54.9 Å². The Kier molecular flexibility index (Phi) is 5.86. The molecule has 6 heteroatoms. The molecular weight excluding hydrogens is 411 g/mol. The van der Waals surface area contributed by atoms with Crippen LogP contribution in [0.2, 0.25) is 0 Å². The van der Waals surface area contributed by atoms with Gasteiger partial charge in [0, 0.05) is 17.5 Å². The lowest BCUT2D eigenvalue weighted by Gasteiger charge is -2.30. The highest BCUT2D eigenvalue weighted by Crippen LogP contribution is 2.38. The molecule has 1 unspecified atom stereocenters. The van der Waals surface area contributed by atoms with Gasteiger partial charge in [-0.25, -0.2) is 4.39 Å². The number of nitrogens with zero attached hydrogens (tertiary/aromatic N) is 2. The smallest absolute Gasteiger partial charge is 0.225 e. The van der Waals surface area contributed by atoms with E-state index in [1.54, 1.807) is 19.2 Å². The Morgan fingerprint density at radius 2 is 1.74 bits per heavy atom. The Balaban J connectivity index is 0.00000210. The minimum atomic E-state index is -1.10. The molecule has 2 aromatic carbocycles. The van der Waals surface area contributed by atoms with Crippen LogP contribution in [0.4, 0.5) is 4.39 Å². The Morgan fingerprint density at radius 3 is 2.41 bits per heavy atom. The van der Waals surface area contributed by atoms with Gasteiger partial charge in [-0.05, 0) is 49.2 Å². The van der Waals surface area contributed by atoms with E-state index in [2.05, 4.69) is 9.69 Å². The molecule has 0 spiro atoms. The molecule has 2 heterocycles. The number of fused-ring (bicyclic) bond motifs is 1. The van der Waals surface area contributed by atoms with E-state index in [4.69, 9.17) is 4.74 Å². The number of aliphatic hydroxyl groups is 1. The van der Waals surface area contributed by atoms with Crippen LogP contribution in [-0.2, 0) is 5.72 Å². The second-order valence-corrected chi connectivity index (χ2v) is 6.98. The third-order valence-corrected chi connectivity index (χ3v) is 5.41. The number of hydrazone groups is 1. The zero-order valence-electron chi connectivity index (χ0n) is 15.4. The van der Waals surface area contributed by atoms with Crippen molar-refractivity contribution in [2.24, 2.45) is 0 Å². The van der Waals surface area contributed by atoms with Crippen LogP contribution in [0.3, 0.4) is 0 Å². The van der Waals surface area contributed by atoms with Crippen molar-refractivity contribution in [3.63, 3.8) is 0 Å². The van der Waals surface area contributed by atoms with Crippen LogP contribution in [0.25, 0.3) is 0 Å². The van der Waals surface area contributed by atoms with E-state index in [1.165, 1.54) is 12.1 Å². The Morgan fingerprint density at radius 1 is 1.04 bits per heavy atom. The first-order valence-corrected chi connectivity index (χ1v) is 9.15. The molecule has 4 nitrogen and oxygen atoms in total. The quantitative estimate of drug-likeness (QED) is 0.743. The number of hydrazine groups is 1. The molecule has 1 saturated heterocycles. The van der Waals surface area contributed by atoms with Crippen LogP contribution in [0.15, 0.2) is 48.5 Å². The van der Waals surface area contributed by atoms with Gasteiger partial charge in [0.25, 0.3) is 0 Å². The topological polar surface area (TPSA) is 35.7 Å². The van der Waals surface area contributed by atoms with Gasteiger partial charge in [-0.2, -0.15) is 0 Å². The minimum absolute atomic E-state index is 0. The summed E-state index contributed by atoms with van der Waals surface area (Å²) in [5.74, 6) is 0.524. The van der Waals surface area contributed by atoms with Crippen molar-refractivity contribution in [2.75, 3.05) is 20.2 Å². The maximum Gasteiger partial charge on any atom is 0.225 e. The molecule has 2 aromatic rings. The van der Waals surface area contributed by atoms with Crippen LogP contribution in [0, 0.1) is 5.82 Å². The maximum atomic E-state index is 13.4. The average Bonchev–Trinajstić information content (AvgIpc) is 2.82. The Labute approximate surface area is 169 Å². The predicted molar refractivity (Wildman–Crippen MR) is 108 cm³/mol. The predicted octanol–water partition coefficient (Wildman–Crippen LogP) is 3.86. The van der Waals surface area contributed by atoms with E-state index in [9.17, 15) is 9.50 Å². The summed E-state index contributed by atoms with van der Waals surface area (Å²) in [5.41, 5.74) is 1.76. The number of methoxy groups -OCH3 is 1. The van der Waals surface area contributed by atoms with Gasteiger partial charge in [-0.15, -0.1) is 26.7 Å². The standard InChI is InChI=1S/C21H24FN2O2.BrH/c1-26-19-11-7-17(8-12-19)21(25)15-20(16-5-9-18(22)10-6-16)23-13-3-2-4-14-24(21)23;/h5-12,25H,2-4,13-15H2,1H3;1H/q+1;. The highest BCUT2D eigenvalue weighted by molar-refractivity contribution is 8.93. The number of benzene rings is 2. The van der Waals surface area contributed by atoms with Crippen molar-refractivity contribution in [1.82, 2.24) is 5.01 Å². The fourth-order valence-corrected chi connectivity index (χ4v) is 4.03. The molecule has 4 rings (SSSR count). The summed E-state index contributed by atoms with van der Waals surface area (Å²) < 4.78 is 20.8. The Hall–Kier alpha value is -1.92. The minimum Gasteiger partial charge on any atom is -0.497 e. The number of hydrogen-bond donors (Lipinski definition) is 1. The molecule has 144 valence electrons. The third-order valence-electron chi connectivity index (χ3n) is 5.41. The van der Waals surface area contributed by atoms with E-state index in [-0.39, 0.29) is 22.8 Å². The number of rotatable bonds is 3. The summed E-state index contributed by atoms with van der Waals surface area (Å²) >= 11 is 0. The van der Waals surface area contributed by atoms with Gasteiger partial charge >= 0.3 is 0 Å². The molecular formula is C21H25BrFN2O2+. The monoisotopic (exact) mass is 435 g/mol. The van der Waals surface area contributed by atoms with Crippen LogP contribution in [-0.4, -0.2) is 40.7 Å². The summed E-state index contributed by atoms with van der Waals surface area (Å²) in [6.45, 7) is 1.67. The van der Waals surface area contributed by atoms with Crippen molar-refractivity contribution in [1.29, 1.82) is 0 Å². The molecule has 27 heavy (non-hydrogen) atoms. The number of halogens is 2. The highest BCUT2D eigenvalue weighted by atomic mass is 79.9. The van der Waals surface area contributed by atoms with Crippen LogP contribution in [0.5, 0.6) is 5.75 Å². The summed E-state index contributed by atoms with van der Waals surface area (Å²) in [6.07, 6.45) is 3.75. The van der Waals surface area contributed by atoms with Crippen molar-refractivity contribution < 1.29 is 18.9 Å². The van der Waals surface area contributed by atoms with Crippen molar-refractivity contribution in [3.8, 4) is 5.75 Å².